The molecule has 4 fully saturated rings. The van der Waals surface area contributed by atoms with Crippen LogP contribution < -0.4 is 4.74 Å². The van der Waals surface area contributed by atoms with Gasteiger partial charge in [0.2, 0.25) is 5.79 Å². The minimum atomic E-state index is -2.89. The van der Waals surface area contributed by atoms with Crippen LogP contribution in [0.4, 0.5) is 0 Å². The van der Waals surface area contributed by atoms with E-state index in [0.717, 1.165) is 19.1 Å². The summed E-state index contributed by atoms with van der Waals surface area (Å²) in [7, 11) is 1.27. The second-order valence-electron chi connectivity index (χ2n) is 18.6. The Morgan fingerprint density at radius 3 is 1.79 bits per heavy atom. The van der Waals surface area contributed by atoms with Crippen molar-refractivity contribution in [3.63, 3.8) is 0 Å². The average molecular weight is 1140 g/mol. The van der Waals surface area contributed by atoms with Crippen molar-refractivity contribution in [3.8, 4) is 17.2 Å². The highest BCUT2D eigenvalue weighted by Crippen LogP contribution is 2.42. The van der Waals surface area contributed by atoms with Gasteiger partial charge in [-0.15, -0.1) is 0 Å². The van der Waals surface area contributed by atoms with Gasteiger partial charge >= 0.3 is 23.9 Å². The molecule has 4 heterocycles. The van der Waals surface area contributed by atoms with E-state index in [1.165, 1.54) is 86.0 Å². The van der Waals surface area contributed by atoms with Crippen molar-refractivity contribution in [2.24, 2.45) is 0 Å². The maximum Gasteiger partial charge on any atom is 0.338 e. The number of benzene rings is 3. The number of aliphatic hydroxyl groups is 10. The average Bonchev–Trinajstić information content (AvgIpc) is 3.92. The first-order valence-electron chi connectivity index (χ1n) is 24.7. The second-order valence-corrected chi connectivity index (χ2v) is 18.6. The second kappa shape index (κ2) is 27.5. The molecule has 0 unspecified atom stereocenters. The Morgan fingerprint density at radius 1 is 0.588 bits per heavy atom. The summed E-state index contributed by atoms with van der Waals surface area (Å²) in [5.74, 6) is -7.61. The Morgan fingerprint density at radius 2 is 1.16 bits per heavy atom. The molecule has 438 valence electrons. The number of methoxy groups -OCH3 is 1. The van der Waals surface area contributed by atoms with Gasteiger partial charge in [-0.3, -0.25) is 4.79 Å². The lowest BCUT2D eigenvalue weighted by Gasteiger charge is -2.50. The summed E-state index contributed by atoms with van der Waals surface area (Å²) >= 11 is 0. The predicted molar refractivity (Wildman–Crippen MR) is 262 cm³/mol. The third-order valence-corrected chi connectivity index (χ3v) is 13.1. The molecule has 3 aromatic rings. The van der Waals surface area contributed by atoms with Crippen molar-refractivity contribution in [3.05, 3.63) is 102 Å². The van der Waals surface area contributed by atoms with Gasteiger partial charge in [-0.1, -0.05) is 36.4 Å². The summed E-state index contributed by atoms with van der Waals surface area (Å²) in [5.41, 5.74) is 0.570. The fourth-order valence-corrected chi connectivity index (χ4v) is 8.87. The number of ether oxygens (including phenoxy) is 12. The number of esters is 4. The molecule has 19 atom stereocenters. The first-order chi connectivity index (χ1) is 38.2. The highest BCUT2D eigenvalue weighted by Gasteiger charge is 2.64. The van der Waals surface area contributed by atoms with Gasteiger partial charge in [0.15, 0.2) is 42.6 Å². The van der Waals surface area contributed by atoms with Crippen molar-refractivity contribution in [1.82, 2.24) is 0 Å². The SMILES string of the molecule is COc1cc(C=CC(=O)O[C@H]2[C@H](O[C@@H]3O[C@H](COC(C)=O)[C@@H](O)[C@H](O)[C@H]3O)[C@@H](O[C@@H]3O[C@H](CO)[C@@H](O)[C@H](O)[C@H]3O)[C@@H](O[C@]3(COC(=O)C=Cc4ccc(O)cc4)O[C@H](CO)[C@@H](O)[C@@H]3OC(=O)c3ccccc3)O[C@@H]2CO)ccc1O. The van der Waals surface area contributed by atoms with Crippen LogP contribution in [0.15, 0.2) is 84.9 Å². The van der Waals surface area contributed by atoms with E-state index in [9.17, 15) is 80.5 Å². The Balaban J connectivity index is 1.36. The summed E-state index contributed by atoms with van der Waals surface area (Å²) < 4.78 is 70.4. The van der Waals surface area contributed by atoms with Crippen molar-refractivity contribution in [2.75, 3.05) is 40.1 Å². The predicted octanol–water partition coefficient (Wildman–Crippen LogP) is -3.36. The van der Waals surface area contributed by atoms with Crippen molar-refractivity contribution >= 4 is 36.0 Å². The topological polar surface area (TPSA) is 422 Å². The van der Waals surface area contributed by atoms with Crippen molar-refractivity contribution in [1.29, 1.82) is 0 Å². The Labute approximate surface area is 454 Å². The van der Waals surface area contributed by atoms with Gasteiger partial charge in [0.05, 0.1) is 32.5 Å². The van der Waals surface area contributed by atoms with Crippen LogP contribution in [0.1, 0.15) is 28.4 Å². The van der Waals surface area contributed by atoms with Crippen molar-refractivity contribution in [2.45, 2.75) is 123 Å². The number of carbonyl (C=O) groups excluding carboxylic acids is 4. The molecule has 7 rings (SSSR count). The molecule has 4 saturated heterocycles. The quantitative estimate of drug-likeness (QED) is 0.0281. The minimum Gasteiger partial charge on any atom is -0.508 e. The van der Waals surface area contributed by atoms with E-state index in [-0.39, 0.29) is 28.4 Å². The molecular formula is C52H62O28. The smallest absolute Gasteiger partial charge is 0.338 e. The van der Waals surface area contributed by atoms with E-state index in [0.29, 0.717) is 5.56 Å². The lowest BCUT2D eigenvalue weighted by atomic mass is 9.95. The maximum atomic E-state index is 14.0. The van der Waals surface area contributed by atoms with Crippen LogP contribution in [-0.4, -0.2) is 242 Å². The third-order valence-electron chi connectivity index (χ3n) is 13.1. The van der Waals surface area contributed by atoms with Crippen LogP contribution >= 0.6 is 0 Å². The van der Waals surface area contributed by atoms with Crippen LogP contribution in [0.3, 0.4) is 0 Å². The number of aliphatic hydroxyl groups excluding tert-OH is 10. The lowest BCUT2D eigenvalue weighted by molar-refractivity contribution is -0.421. The van der Waals surface area contributed by atoms with Crippen LogP contribution in [0.5, 0.6) is 17.2 Å². The largest absolute Gasteiger partial charge is 0.508 e. The van der Waals surface area contributed by atoms with Crippen molar-refractivity contribution < 1.29 is 137 Å². The number of phenols is 2. The van der Waals surface area contributed by atoms with Gasteiger partial charge in [-0.2, -0.15) is 0 Å². The fourth-order valence-electron chi connectivity index (χ4n) is 8.87. The van der Waals surface area contributed by atoms with Crippen LogP contribution in [-0.2, 0) is 66.5 Å². The molecule has 28 heteroatoms. The summed E-state index contributed by atoms with van der Waals surface area (Å²) in [6.07, 6.45) is -33.2. The summed E-state index contributed by atoms with van der Waals surface area (Å²) in [6, 6.07) is 16.7. The summed E-state index contributed by atoms with van der Waals surface area (Å²) in [5, 5.41) is 130. The number of carbonyl (C=O) groups is 4. The molecule has 0 amide bonds. The number of aromatic hydroxyl groups is 2. The number of hydrogen-bond acceptors (Lipinski definition) is 28. The van der Waals surface area contributed by atoms with Crippen LogP contribution in [0.25, 0.3) is 12.2 Å². The number of hydrogen-bond donors (Lipinski definition) is 12. The normalized spacial score (nSPS) is 34.5. The summed E-state index contributed by atoms with van der Waals surface area (Å²) in [6.45, 7) is -4.16. The molecule has 0 aliphatic carbocycles. The molecular weight excluding hydrogens is 1070 g/mol. The van der Waals surface area contributed by atoms with Gasteiger partial charge in [-0.25, -0.2) is 14.4 Å². The lowest BCUT2D eigenvalue weighted by Crippen LogP contribution is -2.69. The molecule has 12 N–H and O–H groups in total. The monoisotopic (exact) mass is 1130 g/mol. The Kier molecular flexibility index (Phi) is 21.1. The molecule has 28 nitrogen and oxygen atoms in total. The van der Waals surface area contributed by atoms with Gasteiger partial charge in [0.25, 0.3) is 0 Å². The molecule has 0 spiro atoms. The van der Waals surface area contributed by atoms with Gasteiger partial charge in [0.1, 0.15) is 98.3 Å². The zero-order valence-corrected chi connectivity index (χ0v) is 42.6. The van der Waals surface area contributed by atoms with E-state index < -0.39 is 173 Å². The molecule has 0 radical (unpaired) electrons. The van der Waals surface area contributed by atoms with E-state index in [1.54, 1.807) is 6.07 Å². The first kappa shape index (κ1) is 61.4. The molecule has 0 bridgehead atoms. The van der Waals surface area contributed by atoms with E-state index in [4.69, 9.17) is 56.8 Å². The summed E-state index contributed by atoms with van der Waals surface area (Å²) in [4.78, 5) is 53.3. The zero-order chi connectivity index (χ0) is 58.0. The van der Waals surface area contributed by atoms with Gasteiger partial charge in [-0.05, 0) is 59.7 Å². The van der Waals surface area contributed by atoms with Gasteiger partial charge in [0, 0.05) is 19.1 Å². The minimum absolute atomic E-state index is 0.0128. The number of rotatable bonds is 21. The van der Waals surface area contributed by atoms with Gasteiger partial charge < -0.3 is 118 Å². The van der Waals surface area contributed by atoms with Crippen LogP contribution in [0, 0.1) is 0 Å². The van der Waals surface area contributed by atoms with E-state index >= 15 is 0 Å². The zero-order valence-electron chi connectivity index (χ0n) is 42.6. The Bertz CT molecular complexity index is 2600. The standard InChI is InChI=1S/C52H62O28/c1-24(56)70-22-34-38(62)41(65)43(67)50(74-34)76-45-44(75-36(60)17-12-26-10-15-29(58)30(18-26)69-2)33(21-55)73-51(46(45)77-49-42(66)40(64)37(61)31(19-53)72-49)80-52(23-71-35(59)16-11-25-8-13-28(57)14-9-25)47(39(63)32(20-54)79-52)78-48(68)27-6-4-3-5-7-27/h3-18,31-34,37-47,49-51,53-55,57-58,61-67H,19-23H2,1-2H3/t31-,32-,33-,34-,37-,38-,39-,40+,41+,42-,43-,44-,45+,46-,47+,49+,50+,51-,52+/m1/s1. The maximum absolute atomic E-state index is 14.0. The molecule has 4 aliphatic heterocycles. The highest BCUT2D eigenvalue weighted by atomic mass is 16.8. The molecule has 80 heavy (non-hydrogen) atoms. The molecule has 4 aliphatic rings. The third kappa shape index (κ3) is 14.4. The molecule has 3 aromatic carbocycles. The first-order valence-corrected chi connectivity index (χ1v) is 24.7. The van der Waals surface area contributed by atoms with E-state index in [1.807, 2.05) is 0 Å². The highest BCUT2D eigenvalue weighted by molar-refractivity contribution is 5.90. The number of phenolic OH excluding ortho intramolecular Hbond substituents is 2. The Hall–Kier alpha value is -6.26. The fraction of sp³-hybridized carbons (Fsp3) is 0.500. The van der Waals surface area contributed by atoms with Crippen LogP contribution in [0.2, 0.25) is 0 Å². The molecule has 0 aromatic heterocycles. The molecule has 0 saturated carbocycles. The van der Waals surface area contributed by atoms with E-state index in [2.05, 4.69) is 0 Å².